The van der Waals surface area contributed by atoms with Crippen LogP contribution in [0.4, 0.5) is 0 Å². The highest BCUT2D eigenvalue weighted by atomic mass is 16.5. The first-order valence-electron chi connectivity index (χ1n) is 9.20. The number of rotatable bonds is 7. The third-order valence-corrected chi connectivity index (χ3v) is 4.64. The summed E-state index contributed by atoms with van der Waals surface area (Å²) < 4.78 is 5.40. The molecular formula is C19H33N5O. The number of nitrogens with zero attached hydrogens (tertiary/aromatic N) is 3. The van der Waals surface area contributed by atoms with Crippen molar-refractivity contribution in [1.29, 1.82) is 0 Å². The molecule has 140 valence electrons. The SMILES string of the molecule is CN=C(NCCc1ccccc1OC)NCCN1CCCN(C)CC1. The minimum Gasteiger partial charge on any atom is -0.496 e. The Balaban J connectivity index is 1.67. The van der Waals surface area contributed by atoms with Gasteiger partial charge >= 0.3 is 0 Å². The lowest BCUT2D eigenvalue weighted by molar-refractivity contribution is 0.280. The summed E-state index contributed by atoms with van der Waals surface area (Å²) in [6.07, 6.45) is 2.16. The molecule has 25 heavy (non-hydrogen) atoms. The summed E-state index contributed by atoms with van der Waals surface area (Å²) in [6, 6.07) is 8.15. The Morgan fingerprint density at radius 1 is 1.12 bits per heavy atom. The molecule has 0 atom stereocenters. The lowest BCUT2D eigenvalue weighted by Crippen LogP contribution is -2.42. The van der Waals surface area contributed by atoms with E-state index in [1.54, 1.807) is 7.11 Å². The molecule has 0 spiro atoms. The molecule has 1 heterocycles. The molecule has 2 N–H and O–H groups in total. The molecule has 2 rings (SSSR count). The largest absolute Gasteiger partial charge is 0.496 e. The standard InChI is InChI=1S/C19H33N5O/c1-20-19(21-10-9-17-7-4-5-8-18(17)25-3)22-11-14-24-13-6-12-23(2)15-16-24/h4-5,7-8H,6,9-16H2,1-3H3,(H2,20,21,22). The highest BCUT2D eigenvalue weighted by molar-refractivity contribution is 5.79. The minimum atomic E-state index is 0.828. The summed E-state index contributed by atoms with van der Waals surface area (Å²) in [5.74, 6) is 1.81. The van der Waals surface area contributed by atoms with Crippen LogP contribution in [0.5, 0.6) is 5.75 Å². The van der Waals surface area contributed by atoms with Gasteiger partial charge in [-0.1, -0.05) is 18.2 Å². The van der Waals surface area contributed by atoms with Gasteiger partial charge < -0.3 is 25.2 Å². The zero-order valence-electron chi connectivity index (χ0n) is 15.9. The number of ether oxygens (including phenoxy) is 1. The maximum Gasteiger partial charge on any atom is 0.191 e. The smallest absolute Gasteiger partial charge is 0.191 e. The number of aliphatic imine (C=N–C) groups is 1. The second-order valence-electron chi connectivity index (χ2n) is 6.49. The van der Waals surface area contributed by atoms with Gasteiger partial charge in [-0.3, -0.25) is 4.99 Å². The normalized spacial score (nSPS) is 17.2. The van der Waals surface area contributed by atoms with Gasteiger partial charge in [-0.25, -0.2) is 0 Å². The number of guanidine groups is 1. The van der Waals surface area contributed by atoms with Crippen LogP contribution in [0.25, 0.3) is 0 Å². The molecule has 0 radical (unpaired) electrons. The highest BCUT2D eigenvalue weighted by Crippen LogP contribution is 2.17. The van der Waals surface area contributed by atoms with Crippen molar-refractivity contribution >= 4 is 5.96 Å². The van der Waals surface area contributed by atoms with Crippen LogP contribution in [0.15, 0.2) is 29.3 Å². The van der Waals surface area contributed by atoms with Gasteiger partial charge in [0.05, 0.1) is 7.11 Å². The molecule has 0 aromatic heterocycles. The van der Waals surface area contributed by atoms with Crippen molar-refractivity contribution in [2.45, 2.75) is 12.8 Å². The minimum absolute atomic E-state index is 0.828. The zero-order valence-corrected chi connectivity index (χ0v) is 15.9. The first kappa shape index (κ1) is 19.5. The fourth-order valence-corrected chi connectivity index (χ4v) is 3.10. The van der Waals surface area contributed by atoms with Crippen LogP contribution < -0.4 is 15.4 Å². The van der Waals surface area contributed by atoms with Crippen LogP contribution in [0.2, 0.25) is 0 Å². The van der Waals surface area contributed by atoms with Crippen molar-refractivity contribution in [3.8, 4) is 5.75 Å². The van der Waals surface area contributed by atoms with E-state index in [2.05, 4.69) is 38.5 Å². The molecule has 6 heteroatoms. The Labute approximate surface area is 152 Å². The Morgan fingerprint density at radius 2 is 1.92 bits per heavy atom. The van der Waals surface area contributed by atoms with E-state index < -0.39 is 0 Å². The molecule has 0 unspecified atom stereocenters. The van der Waals surface area contributed by atoms with E-state index in [0.717, 1.165) is 50.9 Å². The summed E-state index contributed by atoms with van der Waals surface area (Å²) in [6.45, 7) is 7.50. The van der Waals surface area contributed by atoms with E-state index in [-0.39, 0.29) is 0 Å². The van der Waals surface area contributed by atoms with Gasteiger partial charge in [0.15, 0.2) is 5.96 Å². The molecule has 0 aliphatic carbocycles. The van der Waals surface area contributed by atoms with Crippen LogP contribution in [-0.2, 0) is 6.42 Å². The van der Waals surface area contributed by atoms with Gasteiger partial charge in [-0.2, -0.15) is 0 Å². The number of methoxy groups -OCH3 is 1. The maximum absolute atomic E-state index is 5.40. The third-order valence-electron chi connectivity index (χ3n) is 4.64. The Bertz CT molecular complexity index is 534. The molecule has 1 aromatic rings. The first-order chi connectivity index (χ1) is 12.2. The van der Waals surface area contributed by atoms with Crippen molar-refractivity contribution in [3.63, 3.8) is 0 Å². The predicted molar refractivity (Wildman–Crippen MR) is 105 cm³/mol. The number of likely N-dealkylation sites (N-methyl/N-ethyl adjacent to an activating group) is 1. The molecule has 1 fully saturated rings. The number of benzene rings is 1. The third kappa shape index (κ3) is 6.92. The molecule has 0 amide bonds. The Hall–Kier alpha value is -1.79. The van der Waals surface area contributed by atoms with E-state index >= 15 is 0 Å². The Morgan fingerprint density at radius 3 is 2.72 bits per heavy atom. The number of hydrogen-bond donors (Lipinski definition) is 2. The maximum atomic E-state index is 5.40. The van der Waals surface area contributed by atoms with E-state index in [9.17, 15) is 0 Å². The van der Waals surface area contributed by atoms with E-state index in [0.29, 0.717) is 0 Å². The molecule has 1 aromatic carbocycles. The zero-order chi connectivity index (χ0) is 17.9. The number of hydrogen-bond acceptors (Lipinski definition) is 4. The van der Waals surface area contributed by atoms with Crippen molar-refractivity contribution in [2.75, 3.05) is 67.0 Å². The molecule has 0 bridgehead atoms. The van der Waals surface area contributed by atoms with E-state index in [4.69, 9.17) is 4.74 Å². The molecule has 6 nitrogen and oxygen atoms in total. The van der Waals surface area contributed by atoms with Gasteiger partial charge in [0.1, 0.15) is 5.75 Å². The van der Waals surface area contributed by atoms with Crippen LogP contribution in [0, 0.1) is 0 Å². The van der Waals surface area contributed by atoms with Crippen molar-refractivity contribution < 1.29 is 4.74 Å². The quantitative estimate of drug-likeness (QED) is 0.570. The first-order valence-corrected chi connectivity index (χ1v) is 9.20. The summed E-state index contributed by atoms with van der Waals surface area (Å²) in [5, 5.41) is 6.80. The topological polar surface area (TPSA) is 52.1 Å². The predicted octanol–water partition coefficient (Wildman–Crippen LogP) is 1.04. The van der Waals surface area contributed by atoms with Crippen LogP contribution in [-0.4, -0.2) is 82.8 Å². The van der Waals surface area contributed by atoms with E-state index in [1.807, 2.05) is 25.2 Å². The fraction of sp³-hybridized carbons (Fsp3) is 0.632. The van der Waals surface area contributed by atoms with Crippen molar-refractivity contribution in [1.82, 2.24) is 20.4 Å². The van der Waals surface area contributed by atoms with Crippen LogP contribution in [0.3, 0.4) is 0 Å². The molecule has 0 saturated carbocycles. The van der Waals surface area contributed by atoms with Crippen molar-refractivity contribution in [3.05, 3.63) is 29.8 Å². The molecule has 1 saturated heterocycles. The van der Waals surface area contributed by atoms with Gasteiger partial charge in [-0.05, 0) is 44.6 Å². The molecule has 1 aliphatic heterocycles. The summed E-state index contributed by atoms with van der Waals surface area (Å²) in [5.41, 5.74) is 1.21. The van der Waals surface area contributed by atoms with Gasteiger partial charge in [0.2, 0.25) is 0 Å². The van der Waals surface area contributed by atoms with Crippen LogP contribution >= 0.6 is 0 Å². The summed E-state index contributed by atoms with van der Waals surface area (Å²) in [7, 11) is 5.74. The Kier molecular flexibility index (Phi) is 8.55. The molecule has 1 aliphatic rings. The fourth-order valence-electron chi connectivity index (χ4n) is 3.10. The van der Waals surface area contributed by atoms with Crippen molar-refractivity contribution in [2.24, 2.45) is 4.99 Å². The van der Waals surface area contributed by atoms with E-state index in [1.165, 1.54) is 25.1 Å². The summed E-state index contributed by atoms with van der Waals surface area (Å²) >= 11 is 0. The lowest BCUT2D eigenvalue weighted by Gasteiger charge is -2.21. The molecular weight excluding hydrogens is 314 g/mol. The van der Waals surface area contributed by atoms with Gasteiger partial charge in [-0.15, -0.1) is 0 Å². The second kappa shape index (κ2) is 10.9. The van der Waals surface area contributed by atoms with Gasteiger partial charge in [0.25, 0.3) is 0 Å². The second-order valence-corrected chi connectivity index (χ2v) is 6.49. The number of para-hydroxylation sites is 1. The van der Waals surface area contributed by atoms with Crippen LogP contribution in [0.1, 0.15) is 12.0 Å². The van der Waals surface area contributed by atoms with Gasteiger partial charge in [0, 0.05) is 39.8 Å². The number of nitrogens with one attached hydrogen (secondary N) is 2. The monoisotopic (exact) mass is 347 g/mol. The lowest BCUT2D eigenvalue weighted by atomic mass is 10.1. The average Bonchev–Trinajstić information content (AvgIpc) is 2.85. The highest BCUT2D eigenvalue weighted by Gasteiger charge is 2.11. The average molecular weight is 348 g/mol. The summed E-state index contributed by atoms with van der Waals surface area (Å²) in [4.78, 5) is 9.25.